The van der Waals surface area contributed by atoms with Crippen LogP contribution in [0.2, 0.25) is 0 Å². The van der Waals surface area contributed by atoms with Gasteiger partial charge >= 0.3 is 6.09 Å². The quantitative estimate of drug-likeness (QED) is 0.748. The van der Waals surface area contributed by atoms with E-state index in [1.807, 2.05) is 20.8 Å². The molecular formula is C21H26N2O4. The molecule has 3 unspecified atom stereocenters. The van der Waals surface area contributed by atoms with E-state index < -0.39 is 11.1 Å². The molecule has 3 aliphatic heterocycles. The Morgan fingerprint density at radius 1 is 1.15 bits per heavy atom. The van der Waals surface area contributed by atoms with Gasteiger partial charge in [0.15, 0.2) is 0 Å². The average Bonchev–Trinajstić information content (AvgIpc) is 2.78. The van der Waals surface area contributed by atoms with E-state index >= 15 is 0 Å². The molecule has 0 radical (unpaired) electrons. The van der Waals surface area contributed by atoms with Crippen molar-refractivity contribution in [3.05, 3.63) is 35.4 Å². The summed E-state index contributed by atoms with van der Waals surface area (Å²) in [5, 5.41) is 0. The zero-order chi connectivity index (χ0) is 19.6. The summed E-state index contributed by atoms with van der Waals surface area (Å²) in [5.41, 5.74) is -0.202. The van der Waals surface area contributed by atoms with Crippen molar-refractivity contribution < 1.29 is 19.1 Å². The molecule has 6 heteroatoms. The van der Waals surface area contributed by atoms with Crippen molar-refractivity contribution in [2.24, 2.45) is 5.92 Å². The number of hydrogen-bond acceptors (Lipinski definition) is 4. The summed E-state index contributed by atoms with van der Waals surface area (Å²) in [4.78, 5) is 41.5. The van der Waals surface area contributed by atoms with Crippen molar-refractivity contribution in [2.45, 2.75) is 64.1 Å². The minimum atomic E-state index is -0.580. The molecule has 1 saturated carbocycles. The van der Waals surface area contributed by atoms with Crippen LogP contribution in [0.5, 0.6) is 0 Å². The Morgan fingerprint density at radius 3 is 2.30 bits per heavy atom. The van der Waals surface area contributed by atoms with Crippen LogP contribution in [0.15, 0.2) is 24.3 Å². The molecule has 3 fully saturated rings. The number of carbonyl (C=O) groups is 3. The third-order valence-electron chi connectivity index (χ3n) is 5.82. The second kappa shape index (κ2) is 5.81. The first-order valence-corrected chi connectivity index (χ1v) is 9.59. The summed E-state index contributed by atoms with van der Waals surface area (Å²) in [7, 11) is 0. The number of rotatable bonds is 2. The van der Waals surface area contributed by atoms with Gasteiger partial charge in [0, 0.05) is 6.04 Å². The van der Waals surface area contributed by atoms with Gasteiger partial charge in [-0.25, -0.2) is 4.79 Å². The van der Waals surface area contributed by atoms with E-state index in [-0.39, 0.29) is 30.5 Å². The molecule has 0 spiro atoms. The number of hydrogen-bond donors (Lipinski definition) is 0. The van der Waals surface area contributed by atoms with Crippen LogP contribution in [0.3, 0.4) is 0 Å². The molecule has 3 atom stereocenters. The first-order chi connectivity index (χ1) is 12.6. The van der Waals surface area contributed by atoms with Crippen LogP contribution in [0.25, 0.3) is 0 Å². The first-order valence-electron chi connectivity index (χ1n) is 9.59. The number of imide groups is 1. The summed E-state index contributed by atoms with van der Waals surface area (Å²) in [6, 6.07) is 7.03. The van der Waals surface area contributed by atoms with E-state index in [4.69, 9.17) is 4.74 Å². The average molecular weight is 370 g/mol. The first kappa shape index (κ1) is 18.0. The summed E-state index contributed by atoms with van der Waals surface area (Å²) < 4.78 is 5.62. The smallest absolute Gasteiger partial charge is 0.411 e. The van der Waals surface area contributed by atoms with Crippen molar-refractivity contribution in [3.63, 3.8) is 0 Å². The van der Waals surface area contributed by atoms with Gasteiger partial charge in [0.05, 0.1) is 23.2 Å². The highest BCUT2D eigenvalue weighted by Gasteiger charge is 2.61. The van der Waals surface area contributed by atoms with Crippen LogP contribution in [-0.4, -0.2) is 51.4 Å². The normalized spacial score (nSPS) is 29.5. The van der Waals surface area contributed by atoms with Crippen LogP contribution in [0.1, 0.15) is 67.7 Å². The third-order valence-corrected chi connectivity index (χ3v) is 5.82. The van der Waals surface area contributed by atoms with Gasteiger partial charge in [0.1, 0.15) is 5.60 Å². The molecule has 5 rings (SSSR count). The minimum Gasteiger partial charge on any atom is -0.444 e. The van der Waals surface area contributed by atoms with Crippen molar-refractivity contribution in [1.82, 2.24) is 9.80 Å². The summed E-state index contributed by atoms with van der Waals surface area (Å²) in [5.74, 6) is -0.0933. The second-order valence-electron chi connectivity index (χ2n) is 9.22. The molecular weight excluding hydrogens is 344 g/mol. The number of amides is 3. The molecule has 4 aliphatic rings. The largest absolute Gasteiger partial charge is 0.444 e. The van der Waals surface area contributed by atoms with Crippen LogP contribution in [0, 0.1) is 5.92 Å². The van der Waals surface area contributed by atoms with Crippen molar-refractivity contribution in [1.29, 1.82) is 0 Å². The molecule has 3 amide bonds. The maximum Gasteiger partial charge on any atom is 0.411 e. The molecule has 1 aromatic rings. The van der Waals surface area contributed by atoms with Crippen LogP contribution in [0.4, 0.5) is 4.79 Å². The second-order valence-corrected chi connectivity index (χ2v) is 9.22. The van der Waals surface area contributed by atoms with E-state index in [1.165, 1.54) is 4.90 Å². The predicted octanol–water partition coefficient (Wildman–Crippen LogP) is 3.46. The fraction of sp³-hybridized carbons (Fsp3) is 0.571. The van der Waals surface area contributed by atoms with Gasteiger partial charge in [0.2, 0.25) is 0 Å². The van der Waals surface area contributed by atoms with E-state index in [0.29, 0.717) is 17.0 Å². The molecule has 0 aromatic heterocycles. The van der Waals surface area contributed by atoms with Crippen LogP contribution < -0.4 is 0 Å². The minimum absolute atomic E-state index is 0.124. The maximum absolute atomic E-state index is 12.8. The monoisotopic (exact) mass is 370 g/mol. The highest BCUT2D eigenvalue weighted by molar-refractivity contribution is 6.21. The Morgan fingerprint density at radius 2 is 1.74 bits per heavy atom. The van der Waals surface area contributed by atoms with E-state index in [0.717, 1.165) is 19.3 Å². The fourth-order valence-electron chi connectivity index (χ4n) is 5.01. The molecule has 0 N–H and O–H groups in total. The standard InChI is InChI=1S/C21H26N2O4/c1-13-9-14-11-21(10-13,23(14)19(26)27-20(2,3)4)12-22-17(24)15-7-5-6-8-16(15)18(22)25/h5-8,13-14H,9-12H2,1-4H3. The number of benzene rings is 1. The van der Waals surface area contributed by atoms with Gasteiger partial charge in [0.25, 0.3) is 11.8 Å². The van der Waals surface area contributed by atoms with Gasteiger partial charge in [-0.05, 0) is 58.1 Å². The lowest BCUT2D eigenvalue weighted by Crippen LogP contribution is -2.75. The van der Waals surface area contributed by atoms with E-state index in [1.54, 1.807) is 29.2 Å². The number of ether oxygens (including phenoxy) is 1. The van der Waals surface area contributed by atoms with Gasteiger partial charge < -0.3 is 4.74 Å². The van der Waals surface area contributed by atoms with Crippen molar-refractivity contribution >= 4 is 17.9 Å². The molecule has 144 valence electrons. The van der Waals surface area contributed by atoms with Gasteiger partial charge in [-0.1, -0.05) is 19.1 Å². The molecule has 2 bridgehead atoms. The molecule has 2 saturated heterocycles. The lowest BCUT2D eigenvalue weighted by Gasteiger charge is -2.63. The zero-order valence-electron chi connectivity index (χ0n) is 16.3. The Kier molecular flexibility index (Phi) is 3.88. The van der Waals surface area contributed by atoms with E-state index in [9.17, 15) is 14.4 Å². The molecule has 3 heterocycles. The van der Waals surface area contributed by atoms with E-state index in [2.05, 4.69) is 6.92 Å². The fourth-order valence-corrected chi connectivity index (χ4v) is 5.01. The van der Waals surface area contributed by atoms with Gasteiger partial charge in [-0.2, -0.15) is 0 Å². The highest BCUT2D eigenvalue weighted by atomic mass is 16.6. The van der Waals surface area contributed by atoms with Crippen LogP contribution in [-0.2, 0) is 4.74 Å². The summed E-state index contributed by atoms with van der Waals surface area (Å²) in [6.45, 7) is 7.94. The van der Waals surface area contributed by atoms with Crippen molar-refractivity contribution in [2.75, 3.05) is 6.54 Å². The SMILES string of the molecule is CC1CC2CC(CN3C(=O)c4ccccc4C3=O)(C1)N2C(=O)OC(C)(C)C. The Bertz CT molecular complexity index is 793. The van der Waals surface area contributed by atoms with Gasteiger partial charge in [-0.3, -0.25) is 19.4 Å². The maximum atomic E-state index is 12.8. The number of fused-ring (bicyclic) bond motifs is 3. The lowest BCUT2D eigenvalue weighted by atomic mass is 9.64. The zero-order valence-corrected chi connectivity index (χ0v) is 16.3. The number of piperidine rings is 1. The molecule has 27 heavy (non-hydrogen) atoms. The Balaban J connectivity index is 1.60. The summed E-state index contributed by atoms with van der Waals surface area (Å²) >= 11 is 0. The molecule has 6 nitrogen and oxygen atoms in total. The number of carbonyl (C=O) groups excluding carboxylic acids is 3. The highest BCUT2D eigenvalue weighted by Crippen LogP contribution is 2.51. The predicted molar refractivity (Wildman–Crippen MR) is 99.4 cm³/mol. The Hall–Kier alpha value is -2.37. The van der Waals surface area contributed by atoms with Crippen LogP contribution >= 0.6 is 0 Å². The third kappa shape index (κ3) is 2.82. The number of nitrogens with zero attached hydrogens (tertiary/aromatic N) is 2. The van der Waals surface area contributed by atoms with Gasteiger partial charge in [-0.15, -0.1) is 0 Å². The molecule has 1 aliphatic carbocycles. The summed E-state index contributed by atoms with van der Waals surface area (Å²) in [6.07, 6.45) is 2.17. The van der Waals surface area contributed by atoms with Crippen molar-refractivity contribution in [3.8, 4) is 0 Å². The lowest BCUT2D eigenvalue weighted by molar-refractivity contribution is -0.128. The topological polar surface area (TPSA) is 66.9 Å². The molecule has 1 aromatic carbocycles. The Labute approximate surface area is 159 Å².